The fourth-order valence-corrected chi connectivity index (χ4v) is 4.25. The Kier molecular flexibility index (Phi) is 7.92. The number of likely N-dealkylation sites (tertiary alicyclic amines) is 1. The minimum Gasteiger partial charge on any atom is -0.350 e. The number of carbonyl (C=O) groups is 2. The first-order valence-corrected chi connectivity index (χ1v) is 12.3. The van der Waals surface area contributed by atoms with Crippen LogP contribution in [-0.2, 0) is 11.3 Å². The second-order valence-electron chi connectivity index (χ2n) is 9.27. The van der Waals surface area contributed by atoms with Crippen molar-refractivity contribution >= 4 is 17.5 Å². The van der Waals surface area contributed by atoms with Crippen molar-refractivity contribution in [2.24, 2.45) is 5.92 Å². The minimum atomic E-state index is -0.186. The number of hydrogen-bond donors (Lipinski definition) is 2. The summed E-state index contributed by atoms with van der Waals surface area (Å²) in [6.07, 6.45) is 2.53. The molecule has 0 saturated carbocycles. The summed E-state index contributed by atoms with van der Waals surface area (Å²) in [5.74, 6) is 0.663. The molecule has 0 spiro atoms. The van der Waals surface area contributed by atoms with Crippen molar-refractivity contribution in [3.05, 3.63) is 65.5 Å². The van der Waals surface area contributed by atoms with Crippen molar-refractivity contribution in [1.29, 1.82) is 0 Å². The number of nitrogens with one attached hydrogen (secondary N) is 2. The lowest BCUT2D eigenvalue weighted by atomic mass is 9.96. The lowest BCUT2D eigenvalue weighted by Gasteiger charge is -2.31. The number of amides is 2. The Bertz CT molecular complexity index is 1170. The molecule has 0 aliphatic carbocycles. The molecule has 0 radical (unpaired) electrons. The maximum atomic E-state index is 13.1. The number of aromatic nitrogens is 2. The molecule has 0 bridgehead atoms. The van der Waals surface area contributed by atoms with Gasteiger partial charge < -0.3 is 15.2 Å². The summed E-state index contributed by atoms with van der Waals surface area (Å²) in [5.41, 5.74) is 3.07. The zero-order valence-electron chi connectivity index (χ0n) is 20.6. The fraction of sp³-hybridized carbons (Fsp3) is 0.407. The monoisotopic (exact) mass is 475 g/mol. The minimum absolute atomic E-state index is 0.0642. The van der Waals surface area contributed by atoms with Gasteiger partial charge in [0.05, 0.1) is 23.7 Å². The SMILES string of the molecule is CCC(C)NC(=O)c1ccccc1NC(=O)C1CCCN(Cc2nc(-c3cccc(C)c3)no2)C1. The topological polar surface area (TPSA) is 100 Å². The molecule has 1 aliphatic rings. The third-order valence-electron chi connectivity index (χ3n) is 6.40. The van der Waals surface area contributed by atoms with E-state index in [0.29, 0.717) is 36.1 Å². The van der Waals surface area contributed by atoms with Gasteiger partial charge in [0.25, 0.3) is 5.91 Å². The molecule has 2 aromatic carbocycles. The van der Waals surface area contributed by atoms with Crippen molar-refractivity contribution in [1.82, 2.24) is 20.4 Å². The molecule has 8 nitrogen and oxygen atoms in total. The molecule has 2 N–H and O–H groups in total. The van der Waals surface area contributed by atoms with E-state index in [4.69, 9.17) is 4.52 Å². The third kappa shape index (κ3) is 6.33. The highest BCUT2D eigenvalue weighted by Crippen LogP contribution is 2.23. The van der Waals surface area contributed by atoms with Crippen LogP contribution in [0.1, 0.15) is 54.9 Å². The molecular weight excluding hydrogens is 442 g/mol. The van der Waals surface area contributed by atoms with E-state index in [2.05, 4.69) is 25.7 Å². The molecule has 3 aromatic rings. The number of carbonyl (C=O) groups excluding carboxylic acids is 2. The van der Waals surface area contributed by atoms with Gasteiger partial charge in [0.15, 0.2) is 0 Å². The average molecular weight is 476 g/mol. The highest BCUT2D eigenvalue weighted by atomic mass is 16.5. The highest BCUT2D eigenvalue weighted by molar-refractivity contribution is 6.04. The van der Waals surface area contributed by atoms with Crippen molar-refractivity contribution in [3.8, 4) is 11.4 Å². The number of hydrogen-bond acceptors (Lipinski definition) is 6. The van der Waals surface area contributed by atoms with E-state index in [-0.39, 0.29) is 23.8 Å². The van der Waals surface area contributed by atoms with E-state index in [1.165, 1.54) is 0 Å². The zero-order chi connectivity index (χ0) is 24.8. The molecule has 8 heteroatoms. The smallest absolute Gasteiger partial charge is 0.253 e. The lowest BCUT2D eigenvalue weighted by molar-refractivity contribution is -0.121. The Morgan fingerprint density at radius 3 is 2.83 bits per heavy atom. The first kappa shape index (κ1) is 24.6. The van der Waals surface area contributed by atoms with E-state index in [9.17, 15) is 9.59 Å². The summed E-state index contributed by atoms with van der Waals surface area (Å²) >= 11 is 0. The van der Waals surface area contributed by atoms with Crippen LogP contribution in [0.25, 0.3) is 11.4 Å². The maximum absolute atomic E-state index is 13.1. The van der Waals surface area contributed by atoms with Gasteiger partial charge in [0.2, 0.25) is 17.6 Å². The summed E-state index contributed by atoms with van der Waals surface area (Å²) in [4.78, 5) is 32.5. The van der Waals surface area contributed by atoms with Crippen molar-refractivity contribution in [2.45, 2.75) is 52.6 Å². The normalized spacial score (nSPS) is 17.1. The molecule has 1 aromatic heterocycles. The summed E-state index contributed by atoms with van der Waals surface area (Å²) in [6, 6.07) is 15.2. The van der Waals surface area contributed by atoms with Gasteiger partial charge in [-0.25, -0.2) is 0 Å². The van der Waals surface area contributed by atoms with Crippen LogP contribution >= 0.6 is 0 Å². The molecule has 2 amide bonds. The molecule has 35 heavy (non-hydrogen) atoms. The van der Waals surface area contributed by atoms with Crippen molar-refractivity contribution < 1.29 is 14.1 Å². The number of aryl methyl sites for hydroxylation is 1. The molecule has 1 aliphatic heterocycles. The van der Waals surface area contributed by atoms with Gasteiger partial charge >= 0.3 is 0 Å². The standard InChI is InChI=1S/C27H33N5O3/c1-4-19(3)28-27(34)22-12-5-6-13-23(22)29-26(33)21-11-8-14-32(16-21)17-24-30-25(31-35-24)20-10-7-9-18(2)15-20/h5-7,9-10,12-13,15,19,21H,4,8,11,14,16-17H2,1-3H3,(H,28,34)(H,29,33). The summed E-state index contributed by atoms with van der Waals surface area (Å²) in [5, 5.41) is 10.1. The van der Waals surface area contributed by atoms with Crippen LogP contribution in [0.2, 0.25) is 0 Å². The number of rotatable bonds is 8. The van der Waals surface area contributed by atoms with Gasteiger partial charge in [-0.2, -0.15) is 4.98 Å². The van der Waals surface area contributed by atoms with E-state index in [1.54, 1.807) is 18.2 Å². The Labute approximate surface area is 206 Å². The third-order valence-corrected chi connectivity index (χ3v) is 6.40. The van der Waals surface area contributed by atoms with Crippen LogP contribution in [-0.4, -0.2) is 46.0 Å². The molecular formula is C27H33N5O3. The summed E-state index contributed by atoms with van der Waals surface area (Å²) < 4.78 is 5.49. The summed E-state index contributed by atoms with van der Waals surface area (Å²) in [6.45, 7) is 7.96. The van der Waals surface area contributed by atoms with E-state index in [0.717, 1.165) is 36.9 Å². The Balaban J connectivity index is 1.38. The first-order valence-electron chi connectivity index (χ1n) is 12.3. The van der Waals surface area contributed by atoms with Crippen LogP contribution in [0.3, 0.4) is 0 Å². The molecule has 184 valence electrons. The van der Waals surface area contributed by atoms with Crippen LogP contribution < -0.4 is 10.6 Å². The average Bonchev–Trinajstić information content (AvgIpc) is 3.33. The second-order valence-corrected chi connectivity index (χ2v) is 9.27. The molecule has 4 rings (SSSR count). The van der Waals surface area contributed by atoms with Gasteiger partial charge in [0.1, 0.15) is 0 Å². The van der Waals surface area contributed by atoms with E-state index >= 15 is 0 Å². The predicted molar refractivity (Wildman–Crippen MR) is 135 cm³/mol. The van der Waals surface area contributed by atoms with Crippen molar-refractivity contribution in [3.63, 3.8) is 0 Å². The Morgan fingerprint density at radius 2 is 2.03 bits per heavy atom. The van der Waals surface area contributed by atoms with Gasteiger partial charge in [-0.05, 0) is 57.9 Å². The van der Waals surface area contributed by atoms with Gasteiger partial charge in [0, 0.05) is 18.2 Å². The Morgan fingerprint density at radius 1 is 1.20 bits per heavy atom. The first-order chi connectivity index (χ1) is 16.9. The molecule has 2 unspecified atom stereocenters. The molecule has 2 atom stereocenters. The molecule has 2 heterocycles. The quantitative estimate of drug-likeness (QED) is 0.500. The predicted octanol–water partition coefficient (Wildman–Crippen LogP) is 4.42. The zero-order valence-corrected chi connectivity index (χ0v) is 20.6. The summed E-state index contributed by atoms with van der Waals surface area (Å²) in [7, 11) is 0. The number of para-hydroxylation sites is 1. The van der Waals surface area contributed by atoms with E-state index < -0.39 is 0 Å². The van der Waals surface area contributed by atoms with Gasteiger partial charge in [-0.1, -0.05) is 48.0 Å². The second kappa shape index (κ2) is 11.3. The number of nitrogens with zero attached hydrogens (tertiary/aromatic N) is 3. The molecule has 1 saturated heterocycles. The van der Waals surface area contributed by atoms with Crippen LogP contribution in [0, 0.1) is 12.8 Å². The van der Waals surface area contributed by atoms with Gasteiger partial charge in [-0.15, -0.1) is 0 Å². The van der Waals surface area contributed by atoms with Crippen molar-refractivity contribution in [2.75, 3.05) is 18.4 Å². The Hall–Kier alpha value is -3.52. The van der Waals surface area contributed by atoms with Crippen LogP contribution in [0.5, 0.6) is 0 Å². The number of benzene rings is 2. The molecule has 1 fully saturated rings. The van der Waals surface area contributed by atoms with Crippen LogP contribution in [0.4, 0.5) is 5.69 Å². The fourth-order valence-electron chi connectivity index (χ4n) is 4.25. The largest absolute Gasteiger partial charge is 0.350 e. The van der Waals surface area contributed by atoms with E-state index in [1.807, 2.05) is 51.1 Å². The maximum Gasteiger partial charge on any atom is 0.253 e. The van der Waals surface area contributed by atoms with Gasteiger partial charge in [-0.3, -0.25) is 14.5 Å². The number of anilines is 1. The highest BCUT2D eigenvalue weighted by Gasteiger charge is 2.28. The number of piperidine rings is 1. The van der Waals surface area contributed by atoms with Crippen LogP contribution in [0.15, 0.2) is 53.1 Å². The lowest BCUT2D eigenvalue weighted by Crippen LogP contribution is -2.40.